The average Bonchev–Trinajstić information content (AvgIpc) is 3.14. The Hall–Kier alpha value is -4.53. The van der Waals surface area contributed by atoms with Crippen LogP contribution >= 0.6 is 0 Å². The van der Waals surface area contributed by atoms with Gasteiger partial charge in [0.25, 0.3) is 0 Å². The minimum Gasteiger partial charge on any atom is -0.497 e. The molecule has 230 valence electrons. The van der Waals surface area contributed by atoms with Gasteiger partial charge >= 0.3 is 0 Å². The van der Waals surface area contributed by atoms with Crippen LogP contribution in [0.5, 0.6) is 11.5 Å². The van der Waals surface area contributed by atoms with Crippen LogP contribution in [-0.4, -0.2) is 63.5 Å². The molecule has 1 saturated heterocycles. The fourth-order valence-corrected chi connectivity index (χ4v) is 6.71. The van der Waals surface area contributed by atoms with E-state index in [9.17, 15) is 14.0 Å². The maximum absolute atomic E-state index is 14.1. The molecule has 2 heterocycles. The first-order valence-corrected chi connectivity index (χ1v) is 15.1. The van der Waals surface area contributed by atoms with E-state index in [0.29, 0.717) is 56.1 Å². The molecule has 44 heavy (non-hydrogen) atoms. The van der Waals surface area contributed by atoms with E-state index >= 15 is 0 Å². The second-order valence-electron chi connectivity index (χ2n) is 12.5. The number of rotatable bonds is 6. The van der Waals surface area contributed by atoms with Gasteiger partial charge in [-0.3, -0.25) is 9.59 Å². The molecule has 0 spiro atoms. The molecule has 2 aliphatic heterocycles. The first-order valence-electron chi connectivity index (χ1n) is 15.1. The Labute approximate surface area is 258 Å². The maximum atomic E-state index is 14.1. The Kier molecular flexibility index (Phi) is 7.97. The summed E-state index contributed by atoms with van der Waals surface area (Å²) in [5, 5.41) is 3.61. The molecule has 3 aromatic rings. The molecule has 0 radical (unpaired) electrons. The van der Waals surface area contributed by atoms with Gasteiger partial charge in [0, 0.05) is 61.2 Å². The van der Waals surface area contributed by atoms with Crippen LogP contribution in [0.15, 0.2) is 78.0 Å². The number of halogens is 1. The van der Waals surface area contributed by atoms with Crippen molar-refractivity contribution in [2.24, 2.45) is 5.41 Å². The lowest BCUT2D eigenvalue weighted by atomic mass is 9.73. The predicted octanol–water partition coefficient (Wildman–Crippen LogP) is 5.81. The number of allylic oxidation sites excluding steroid dienone is 1. The normalized spacial score (nSPS) is 19.5. The van der Waals surface area contributed by atoms with E-state index in [-0.39, 0.29) is 29.5 Å². The van der Waals surface area contributed by atoms with Gasteiger partial charge in [-0.25, -0.2) is 4.39 Å². The molecule has 1 fully saturated rings. The van der Waals surface area contributed by atoms with Crippen molar-refractivity contribution in [3.8, 4) is 11.5 Å². The highest BCUT2D eigenvalue weighted by molar-refractivity contribution is 6.02. The van der Waals surface area contributed by atoms with Crippen molar-refractivity contribution in [3.05, 3.63) is 89.4 Å². The van der Waals surface area contributed by atoms with Gasteiger partial charge < -0.3 is 29.5 Å². The smallest absolute Gasteiger partial charge is 0.242 e. The molecule has 1 unspecified atom stereocenters. The van der Waals surface area contributed by atoms with Crippen LogP contribution in [0.25, 0.3) is 0 Å². The quantitative estimate of drug-likeness (QED) is 0.384. The van der Waals surface area contributed by atoms with Crippen molar-refractivity contribution in [1.82, 2.24) is 4.90 Å². The number of methoxy groups -OCH3 is 2. The van der Waals surface area contributed by atoms with Gasteiger partial charge in [-0.1, -0.05) is 26.0 Å². The number of piperazine rings is 1. The van der Waals surface area contributed by atoms with Gasteiger partial charge in [0.2, 0.25) is 5.91 Å². The molecule has 9 heteroatoms. The number of fused-ring (bicyclic) bond motifs is 1. The molecule has 3 aliphatic rings. The van der Waals surface area contributed by atoms with E-state index < -0.39 is 6.04 Å². The Bertz CT molecular complexity index is 1590. The molecular weight excluding hydrogens is 559 g/mol. The number of carbonyl (C=O) groups is 2. The lowest BCUT2D eigenvalue weighted by Gasteiger charge is -2.40. The van der Waals surface area contributed by atoms with E-state index in [4.69, 9.17) is 9.47 Å². The molecule has 0 saturated carbocycles. The van der Waals surface area contributed by atoms with Crippen LogP contribution < -0.4 is 24.6 Å². The molecular formula is C35H39FN4O4. The Morgan fingerprint density at radius 2 is 1.68 bits per heavy atom. The topological polar surface area (TPSA) is 74.4 Å². The van der Waals surface area contributed by atoms with Crippen LogP contribution in [0.2, 0.25) is 0 Å². The SMILES string of the molecule is COc1ccc(C2C3=C(CC(C)(C)CC3=O)Nc3ccccc3N2CC(=O)N2CCN(c3ccc(F)cc3)CC2)c(OC)c1. The summed E-state index contributed by atoms with van der Waals surface area (Å²) >= 11 is 0. The number of ketones is 1. The summed E-state index contributed by atoms with van der Waals surface area (Å²) in [6.07, 6.45) is 1.11. The van der Waals surface area contributed by atoms with Crippen LogP contribution in [0, 0.1) is 11.2 Å². The molecule has 1 N–H and O–H groups in total. The van der Waals surface area contributed by atoms with Crippen LogP contribution in [-0.2, 0) is 9.59 Å². The number of ether oxygens (including phenoxy) is 2. The third-order valence-electron chi connectivity index (χ3n) is 8.87. The summed E-state index contributed by atoms with van der Waals surface area (Å²) in [5.41, 5.74) is 4.77. The van der Waals surface area contributed by atoms with E-state index in [1.54, 1.807) is 26.4 Å². The minimum atomic E-state index is -0.560. The number of hydrogen-bond donors (Lipinski definition) is 1. The highest BCUT2D eigenvalue weighted by atomic mass is 19.1. The van der Waals surface area contributed by atoms with Crippen molar-refractivity contribution in [1.29, 1.82) is 0 Å². The molecule has 0 bridgehead atoms. The Morgan fingerprint density at radius 1 is 0.955 bits per heavy atom. The molecule has 1 amide bonds. The highest BCUT2D eigenvalue weighted by Crippen LogP contribution is 2.50. The number of Topliss-reactive ketones (excluding diaryl/α,β-unsaturated/α-hetero) is 1. The van der Waals surface area contributed by atoms with Crippen molar-refractivity contribution >= 4 is 28.8 Å². The minimum absolute atomic E-state index is 0.0244. The lowest BCUT2D eigenvalue weighted by molar-refractivity contribution is -0.130. The highest BCUT2D eigenvalue weighted by Gasteiger charge is 2.43. The number of amides is 1. The second kappa shape index (κ2) is 11.9. The Morgan fingerprint density at radius 3 is 2.39 bits per heavy atom. The first-order chi connectivity index (χ1) is 21.2. The van der Waals surface area contributed by atoms with Crippen molar-refractivity contribution in [3.63, 3.8) is 0 Å². The number of carbonyl (C=O) groups excluding carboxylic acids is 2. The molecule has 3 aromatic carbocycles. The fraction of sp³-hybridized carbons (Fsp3) is 0.371. The van der Waals surface area contributed by atoms with Crippen LogP contribution in [0.3, 0.4) is 0 Å². The fourth-order valence-electron chi connectivity index (χ4n) is 6.71. The summed E-state index contributed by atoms with van der Waals surface area (Å²) < 4.78 is 24.8. The zero-order valence-corrected chi connectivity index (χ0v) is 25.7. The summed E-state index contributed by atoms with van der Waals surface area (Å²) in [7, 11) is 3.22. The number of benzene rings is 3. The number of anilines is 3. The molecule has 1 atom stereocenters. The van der Waals surface area contributed by atoms with E-state index in [2.05, 4.69) is 29.0 Å². The van der Waals surface area contributed by atoms with E-state index in [1.165, 1.54) is 12.1 Å². The van der Waals surface area contributed by atoms with Gasteiger partial charge in [-0.2, -0.15) is 0 Å². The number of hydrogen-bond acceptors (Lipinski definition) is 7. The standard InChI is InChI=1S/C35H39FN4O4/c1-35(2)20-28-33(30(41)21-35)34(26-14-13-25(43-3)19-31(26)44-4)40(29-8-6-5-7-27(29)37-28)22-32(42)39-17-15-38(16-18-39)24-11-9-23(36)10-12-24/h5-14,19,34,37H,15-18,20-22H2,1-4H3. The van der Waals surface area contributed by atoms with Crippen LogP contribution in [0.4, 0.5) is 21.5 Å². The number of nitrogens with zero attached hydrogens (tertiary/aromatic N) is 3. The van der Waals surface area contributed by atoms with Crippen molar-refractivity contribution < 1.29 is 23.5 Å². The number of nitrogens with one attached hydrogen (secondary N) is 1. The molecule has 1 aliphatic carbocycles. The van der Waals surface area contributed by atoms with Gasteiger partial charge in [-0.15, -0.1) is 0 Å². The average molecular weight is 599 g/mol. The predicted molar refractivity (Wildman–Crippen MR) is 170 cm³/mol. The molecule has 6 rings (SSSR count). The van der Waals surface area contributed by atoms with E-state index in [1.807, 2.05) is 47.4 Å². The molecule has 8 nitrogen and oxygen atoms in total. The third-order valence-corrected chi connectivity index (χ3v) is 8.87. The zero-order valence-electron chi connectivity index (χ0n) is 25.7. The maximum Gasteiger partial charge on any atom is 0.242 e. The summed E-state index contributed by atoms with van der Waals surface area (Å²) in [6.45, 7) is 6.68. The summed E-state index contributed by atoms with van der Waals surface area (Å²) in [4.78, 5) is 34.3. The summed E-state index contributed by atoms with van der Waals surface area (Å²) in [5.74, 6) is 0.998. The third kappa shape index (κ3) is 5.70. The van der Waals surface area contributed by atoms with Gasteiger partial charge in [0.15, 0.2) is 5.78 Å². The van der Waals surface area contributed by atoms with Crippen LogP contribution in [0.1, 0.15) is 38.3 Å². The monoisotopic (exact) mass is 598 g/mol. The largest absolute Gasteiger partial charge is 0.497 e. The zero-order chi connectivity index (χ0) is 31.0. The molecule has 0 aromatic heterocycles. The Balaban J connectivity index is 1.38. The van der Waals surface area contributed by atoms with Gasteiger partial charge in [-0.05, 0) is 60.4 Å². The van der Waals surface area contributed by atoms with Crippen molar-refractivity contribution in [2.75, 3.05) is 62.1 Å². The van der Waals surface area contributed by atoms with Crippen molar-refractivity contribution in [2.45, 2.75) is 32.7 Å². The van der Waals surface area contributed by atoms with Gasteiger partial charge in [0.05, 0.1) is 38.2 Å². The number of para-hydroxylation sites is 2. The van der Waals surface area contributed by atoms with E-state index in [0.717, 1.165) is 28.3 Å². The lowest BCUT2D eigenvalue weighted by Crippen LogP contribution is -2.52. The second-order valence-corrected chi connectivity index (χ2v) is 12.5. The first kappa shape index (κ1) is 29.5. The summed E-state index contributed by atoms with van der Waals surface area (Å²) in [6, 6.07) is 19.5. The van der Waals surface area contributed by atoms with Gasteiger partial charge in [0.1, 0.15) is 17.3 Å².